The maximum atomic E-state index is 5.78. The molecule has 0 bridgehead atoms. The van der Waals surface area contributed by atoms with Crippen LogP contribution in [0.25, 0.3) is 0 Å². The van der Waals surface area contributed by atoms with Gasteiger partial charge in [-0.25, -0.2) is 0 Å². The molecule has 2 unspecified atom stereocenters. The van der Waals surface area contributed by atoms with Crippen molar-refractivity contribution in [1.29, 1.82) is 0 Å². The van der Waals surface area contributed by atoms with E-state index >= 15 is 0 Å². The summed E-state index contributed by atoms with van der Waals surface area (Å²) in [7, 11) is 0. The van der Waals surface area contributed by atoms with Crippen LogP contribution in [-0.2, 0) is 23.0 Å². The van der Waals surface area contributed by atoms with Crippen molar-refractivity contribution in [3.63, 3.8) is 0 Å². The summed E-state index contributed by atoms with van der Waals surface area (Å²) in [6, 6.07) is 4.22. The second-order valence-electron chi connectivity index (χ2n) is 3.98. The third-order valence-electron chi connectivity index (χ3n) is 2.69. The predicted molar refractivity (Wildman–Crippen MR) is 50.7 cm³/mol. The molecular weight excluding hydrogens is 307 g/mol. The standard InChI is InChI=1S/C11H14NO.BrH.Zn/c1-9-8-10(5-6-12-9)11-4-2-3-7-13-11;;/h2,5-6,8,11H,3-4,7H2,1H3;1H;/q;;+1/p-1. The molecule has 2 atom stereocenters. The number of hydrogen-bond acceptors (Lipinski definition) is 2. The van der Waals surface area contributed by atoms with E-state index in [-0.39, 0.29) is 17.0 Å². The fraction of sp³-hybridized carbons (Fsp3) is 0.545. The summed E-state index contributed by atoms with van der Waals surface area (Å²) < 4.78 is 6.69. The molecule has 1 aromatic rings. The maximum Gasteiger partial charge on any atom is -1.00 e. The van der Waals surface area contributed by atoms with E-state index in [1.807, 2.05) is 13.1 Å². The molecule has 2 nitrogen and oxygen atoms in total. The van der Waals surface area contributed by atoms with Crippen molar-refractivity contribution < 1.29 is 40.0 Å². The average Bonchev–Trinajstić information content (AvgIpc) is 2.18. The zero-order valence-corrected chi connectivity index (χ0v) is 13.5. The quantitative estimate of drug-likeness (QED) is 0.656. The molecule has 2 rings (SSSR count). The molecule has 0 saturated carbocycles. The zero-order valence-electron chi connectivity index (χ0n) is 8.95. The van der Waals surface area contributed by atoms with Gasteiger partial charge in [-0.15, -0.1) is 0 Å². The van der Waals surface area contributed by atoms with E-state index < -0.39 is 0 Å². The Kier molecular flexibility index (Phi) is 5.38. The van der Waals surface area contributed by atoms with Crippen molar-refractivity contribution in [2.75, 3.05) is 6.61 Å². The van der Waals surface area contributed by atoms with Crippen LogP contribution in [0.15, 0.2) is 18.3 Å². The monoisotopic (exact) mass is 319 g/mol. The third kappa shape index (κ3) is 3.62. The van der Waals surface area contributed by atoms with Crippen LogP contribution >= 0.6 is 0 Å². The van der Waals surface area contributed by atoms with Crippen molar-refractivity contribution >= 4 is 0 Å². The average molecular weight is 322 g/mol. The number of nitrogens with zero attached hydrogens (tertiary/aromatic N) is 1. The van der Waals surface area contributed by atoms with E-state index in [0.717, 1.165) is 16.8 Å². The molecule has 78 valence electrons. The molecule has 1 saturated heterocycles. The predicted octanol–water partition coefficient (Wildman–Crippen LogP) is -0.419. The first-order chi connectivity index (χ1) is 6.75. The molecule has 15 heavy (non-hydrogen) atoms. The van der Waals surface area contributed by atoms with Gasteiger partial charge in [-0.1, -0.05) is 0 Å². The second-order valence-corrected chi connectivity index (χ2v) is 6.40. The molecule has 1 aromatic heterocycles. The van der Waals surface area contributed by atoms with E-state index in [9.17, 15) is 0 Å². The second kappa shape index (κ2) is 6.07. The van der Waals surface area contributed by atoms with E-state index in [4.69, 9.17) is 4.74 Å². The Balaban J connectivity index is 0.00000112. The fourth-order valence-corrected chi connectivity index (χ4v) is 2.85. The molecule has 1 fully saturated rings. The van der Waals surface area contributed by atoms with E-state index in [0.29, 0.717) is 6.10 Å². The summed E-state index contributed by atoms with van der Waals surface area (Å²) >= 11 is 1.39. The van der Waals surface area contributed by atoms with Crippen LogP contribution in [0.3, 0.4) is 0 Å². The molecule has 0 aromatic carbocycles. The van der Waals surface area contributed by atoms with Crippen LogP contribution in [0.1, 0.15) is 30.2 Å². The van der Waals surface area contributed by atoms with Crippen LogP contribution in [0.5, 0.6) is 0 Å². The van der Waals surface area contributed by atoms with Gasteiger partial charge in [-0.3, -0.25) is 0 Å². The van der Waals surface area contributed by atoms with Crippen LogP contribution in [0.4, 0.5) is 0 Å². The van der Waals surface area contributed by atoms with Gasteiger partial charge in [0.05, 0.1) is 0 Å². The van der Waals surface area contributed by atoms with Gasteiger partial charge in [0.25, 0.3) is 0 Å². The van der Waals surface area contributed by atoms with Gasteiger partial charge >= 0.3 is 94.6 Å². The molecule has 1 aliphatic heterocycles. The summed E-state index contributed by atoms with van der Waals surface area (Å²) in [5.74, 6) is 0. The smallest absolute Gasteiger partial charge is 1.00 e. The van der Waals surface area contributed by atoms with Crippen LogP contribution in [0, 0.1) is 6.92 Å². The van der Waals surface area contributed by atoms with Crippen molar-refractivity contribution in [2.45, 2.75) is 30.4 Å². The largest absolute Gasteiger partial charge is 1.00 e. The Morgan fingerprint density at radius 3 is 3.00 bits per heavy atom. The van der Waals surface area contributed by atoms with Crippen LogP contribution < -0.4 is 17.0 Å². The van der Waals surface area contributed by atoms with E-state index in [2.05, 4.69) is 17.1 Å². The SMILES string of the molecule is Cc1cc(C2C[CH]([Zn+])CCO2)ccn1.[Br-]. The molecule has 0 radical (unpaired) electrons. The van der Waals surface area contributed by atoms with E-state index in [1.165, 1.54) is 36.7 Å². The van der Waals surface area contributed by atoms with Gasteiger partial charge in [-0.05, 0) is 0 Å². The van der Waals surface area contributed by atoms with Crippen LogP contribution in [-0.4, -0.2) is 11.6 Å². The van der Waals surface area contributed by atoms with Gasteiger partial charge in [0.15, 0.2) is 0 Å². The summed E-state index contributed by atoms with van der Waals surface area (Å²) in [4.78, 5) is 4.21. The van der Waals surface area contributed by atoms with E-state index in [1.54, 1.807) is 0 Å². The van der Waals surface area contributed by atoms with Crippen molar-refractivity contribution in [3.8, 4) is 0 Å². The Morgan fingerprint density at radius 1 is 1.53 bits per heavy atom. The Labute approximate surface area is 111 Å². The molecule has 0 amide bonds. The molecule has 2 heterocycles. The first-order valence-electron chi connectivity index (χ1n) is 5.13. The normalized spacial score (nSPS) is 25.8. The number of hydrogen-bond donors (Lipinski definition) is 0. The minimum Gasteiger partial charge on any atom is -1.00 e. The summed E-state index contributed by atoms with van der Waals surface area (Å²) in [5.41, 5.74) is 2.39. The maximum absolute atomic E-state index is 5.78. The number of ether oxygens (including phenoxy) is 1. The number of halogens is 1. The van der Waals surface area contributed by atoms with Gasteiger partial charge in [-0.2, -0.15) is 0 Å². The topological polar surface area (TPSA) is 22.1 Å². The number of aromatic nitrogens is 1. The molecule has 0 N–H and O–H groups in total. The van der Waals surface area contributed by atoms with Crippen molar-refractivity contribution in [1.82, 2.24) is 4.98 Å². The Bertz CT molecular complexity index is 321. The van der Waals surface area contributed by atoms with Gasteiger partial charge in [0.2, 0.25) is 0 Å². The first-order valence-corrected chi connectivity index (χ1v) is 6.84. The minimum absolute atomic E-state index is 0. The van der Waals surface area contributed by atoms with Gasteiger partial charge in [0.1, 0.15) is 0 Å². The number of aryl methyl sites for hydroxylation is 1. The fourth-order valence-electron chi connectivity index (χ4n) is 1.87. The molecule has 1 aliphatic rings. The Morgan fingerprint density at radius 2 is 2.33 bits per heavy atom. The Hall–Kier alpha value is 0.213. The molecule has 4 heteroatoms. The first kappa shape index (κ1) is 13.3. The summed E-state index contributed by atoms with van der Waals surface area (Å²) in [5, 5.41) is 0. The van der Waals surface area contributed by atoms with Gasteiger partial charge < -0.3 is 17.0 Å². The summed E-state index contributed by atoms with van der Waals surface area (Å²) in [6.45, 7) is 2.96. The minimum atomic E-state index is 0. The number of rotatable bonds is 1. The third-order valence-corrected chi connectivity index (χ3v) is 4.24. The number of pyridine rings is 1. The molecule has 0 spiro atoms. The molecule has 0 aliphatic carbocycles. The summed E-state index contributed by atoms with van der Waals surface area (Å²) in [6.07, 6.45) is 4.65. The zero-order chi connectivity index (χ0) is 9.97. The molecular formula is C11H14BrNOZn. The van der Waals surface area contributed by atoms with Crippen LogP contribution in [0.2, 0.25) is 4.51 Å². The van der Waals surface area contributed by atoms with Crippen molar-refractivity contribution in [3.05, 3.63) is 29.6 Å². The van der Waals surface area contributed by atoms with Crippen molar-refractivity contribution in [2.24, 2.45) is 0 Å². The van der Waals surface area contributed by atoms with Gasteiger partial charge in [0, 0.05) is 0 Å².